The average molecular weight is 302 g/mol. The Hall–Kier alpha value is -1.84. The molecule has 0 saturated carbocycles. The maximum Gasteiger partial charge on any atom is 0.245 e. The second-order valence-corrected chi connectivity index (χ2v) is 6.05. The van der Waals surface area contributed by atoms with E-state index in [1.807, 2.05) is 30.0 Å². The molecule has 120 valence electrons. The van der Waals surface area contributed by atoms with Crippen LogP contribution in [-0.4, -0.2) is 47.8 Å². The molecule has 0 aliphatic carbocycles. The summed E-state index contributed by atoms with van der Waals surface area (Å²) >= 11 is 0. The molecule has 1 aromatic rings. The van der Waals surface area contributed by atoms with Crippen LogP contribution >= 0.6 is 0 Å². The molecule has 1 aliphatic rings. The Morgan fingerprint density at radius 1 is 1.18 bits per heavy atom. The van der Waals surface area contributed by atoms with Crippen LogP contribution in [0.3, 0.4) is 0 Å². The van der Waals surface area contributed by atoms with E-state index in [9.17, 15) is 9.59 Å². The molecule has 1 heterocycles. The fourth-order valence-corrected chi connectivity index (χ4v) is 2.85. The Bertz CT molecular complexity index is 495. The van der Waals surface area contributed by atoms with Crippen molar-refractivity contribution in [3.63, 3.8) is 0 Å². The summed E-state index contributed by atoms with van der Waals surface area (Å²) in [7, 11) is 1.74. The maximum absolute atomic E-state index is 12.3. The van der Waals surface area contributed by atoms with Crippen molar-refractivity contribution in [2.75, 3.05) is 20.1 Å². The van der Waals surface area contributed by atoms with E-state index in [2.05, 4.69) is 12.1 Å². The molecule has 4 nitrogen and oxygen atoms in total. The van der Waals surface area contributed by atoms with Crippen LogP contribution in [0.4, 0.5) is 0 Å². The molecule has 1 aromatic carbocycles. The lowest BCUT2D eigenvalue weighted by atomic mass is 10.1. The van der Waals surface area contributed by atoms with Gasteiger partial charge in [0.2, 0.25) is 11.8 Å². The van der Waals surface area contributed by atoms with Crippen LogP contribution in [0.5, 0.6) is 0 Å². The number of amides is 2. The summed E-state index contributed by atoms with van der Waals surface area (Å²) in [5.41, 5.74) is 1.25. The topological polar surface area (TPSA) is 40.6 Å². The Morgan fingerprint density at radius 3 is 2.45 bits per heavy atom. The summed E-state index contributed by atoms with van der Waals surface area (Å²) in [5, 5.41) is 0. The number of likely N-dealkylation sites (tertiary alicyclic amines) is 1. The number of rotatable bonds is 6. The van der Waals surface area contributed by atoms with Crippen LogP contribution in [0, 0.1) is 0 Å². The molecule has 0 N–H and O–H groups in total. The Kier molecular flexibility index (Phi) is 5.99. The van der Waals surface area contributed by atoms with Crippen molar-refractivity contribution >= 4 is 11.8 Å². The van der Waals surface area contributed by atoms with Gasteiger partial charge in [0.25, 0.3) is 0 Å². The maximum atomic E-state index is 12.3. The van der Waals surface area contributed by atoms with Gasteiger partial charge >= 0.3 is 0 Å². The van der Waals surface area contributed by atoms with E-state index in [4.69, 9.17) is 0 Å². The standard InChI is InChI=1S/C18H26N2O2/c1-15(18(22)20-13-6-7-14-20)19(2)17(21)12-8-11-16-9-4-3-5-10-16/h3-5,9-10,15H,6-8,11-14H2,1-2H3/t15-/m0/s1. The predicted octanol–water partition coefficient (Wildman–Crippen LogP) is 2.48. The molecule has 1 fully saturated rings. The summed E-state index contributed by atoms with van der Waals surface area (Å²) in [4.78, 5) is 28.0. The molecule has 22 heavy (non-hydrogen) atoms. The fraction of sp³-hybridized carbons (Fsp3) is 0.556. The van der Waals surface area contributed by atoms with Gasteiger partial charge in [-0.05, 0) is 38.2 Å². The largest absolute Gasteiger partial charge is 0.341 e. The molecule has 0 bridgehead atoms. The number of hydrogen-bond donors (Lipinski definition) is 0. The first-order valence-electron chi connectivity index (χ1n) is 8.18. The number of benzene rings is 1. The van der Waals surface area contributed by atoms with Crippen LogP contribution in [-0.2, 0) is 16.0 Å². The van der Waals surface area contributed by atoms with E-state index in [1.54, 1.807) is 11.9 Å². The third-order valence-corrected chi connectivity index (χ3v) is 4.45. The molecule has 0 spiro atoms. The van der Waals surface area contributed by atoms with Crippen LogP contribution < -0.4 is 0 Å². The van der Waals surface area contributed by atoms with Gasteiger partial charge in [-0.25, -0.2) is 0 Å². The number of nitrogens with zero attached hydrogens (tertiary/aromatic N) is 2. The first-order valence-corrected chi connectivity index (χ1v) is 8.18. The van der Waals surface area contributed by atoms with Crippen molar-refractivity contribution < 1.29 is 9.59 Å². The van der Waals surface area contributed by atoms with Crippen molar-refractivity contribution in [1.82, 2.24) is 9.80 Å². The number of carbonyl (C=O) groups excluding carboxylic acids is 2. The SMILES string of the molecule is C[C@@H](C(=O)N1CCCC1)N(C)C(=O)CCCc1ccccc1. The Morgan fingerprint density at radius 2 is 1.82 bits per heavy atom. The van der Waals surface area contributed by atoms with Gasteiger partial charge in [0.1, 0.15) is 6.04 Å². The van der Waals surface area contributed by atoms with Gasteiger partial charge in [-0.15, -0.1) is 0 Å². The molecular formula is C18H26N2O2. The van der Waals surface area contributed by atoms with Gasteiger partial charge in [0.15, 0.2) is 0 Å². The molecule has 1 atom stereocenters. The molecular weight excluding hydrogens is 276 g/mol. The van der Waals surface area contributed by atoms with Gasteiger partial charge in [-0.2, -0.15) is 0 Å². The molecule has 4 heteroatoms. The van der Waals surface area contributed by atoms with E-state index in [0.717, 1.165) is 38.8 Å². The Balaban J connectivity index is 1.77. The highest BCUT2D eigenvalue weighted by Gasteiger charge is 2.27. The van der Waals surface area contributed by atoms with Crippen molar-refractivity contribution in [2.45, 2.75) is 45.1 Å². The first kappa shape index (κ1) is 16.5. The third-order valence-electron chi connectivity index (χ3n) is 4.45. The fourth-order valence-electron chi connectivity index (χ4n) is 2.85. The minimum Gasteiger partial charge on any atom is -0.341 e. The molecule has 0 unspecified atom stereocenters. The number of hydrogen-bond acceptors (Lipinski definition) is 2. The van der Waals surface area contributed by atoms with E-state index in [0.29, 0.717) is 6.42 Å². The molecule has 1 saturated heterocycles. The highest BCUT2D eigenvalue weighted by Crippen LogP contribution is 2.13. The minimum atomic E-state index is -0.359. The van der Waals surface area contributed by atoms with Gasteiger partial charge in [-0.3, -0.25) is 9.59 Å². The lowest BCUT2D eigenvalue weighted by Crippen LogP contribution is -2.46. The second-order valence-electron chi connectivity index (χ2n) is 6.05. The molecule has 2 amide bonds. The lowest BCUT2D eigenvalue weighted by Gasteiger charge is -2.28. The molecule has 2 rings (SSSR count). The van der Waals surface area contributed by atoms with E-state index >= 15 is 0 Å². The summed E-state index contributed by atoms with van der Waals surface area (Å²) in [5.74, 6) is 0.132. The van der Waals surface area contributed by atoms with E-state index in [1.165, 1.54) is 5.56 Å². The van der Waals surface area contributed by atoms with Crippen LogP contribution in [0.15, 0.2) is 30.3 Å². The minimum absolute atomic E-state index is 0.0518. The van der Waals surface area contributed by atoms with Crippen LogP contribution in [0.25, 0.3) is 0 Å². The smallest absolute Gasteiger partial charge is 0.245 e. The predicted molar refractivity (Wildman–Crippen MR) is 87.4 cm³/mol. The Labute approximate surface area is 133 Å². The van der Waals surface area contributed by atoms with Crippen LogP contribution in [0.1, 0.15) is 38.2 Å². The highest BCUT2D eigenvalue weighted by atomic mass is 16.2. The normalized spacial score (nSPS) is 15.6. The molecule has 0 aromatic heterocycles. The monoisotopic (exact) mass is 302 g/mol. The van der Waals surface area contributed by atoms with Crippen molar-refractivity contribution in [1.29, 1.82) is 0 Å². The van der Waals surface area contributed by atoms with Crippen molar-refractivity contribution in [3.8, 4) is 0 Å². The lowest BCUT2D eigenvalue weighted by molar-refractivity contribution is -0.143. The highest BCUT2D eigenvalue weighted by molar-refractivity contribution is 5.87. The zero-order valence-electron chi connectivity index (χ0n) is 13.6. The van der Waals surface area contributed by atoms with Gasteiger partial charge in [0, 0.05) is 26.6 Å². The number of aryl methyl sites for hydroxylation is 1. The molecule has 1 aliphatic heterocycles. The number of carbonyl (C=O) groups is 2. The number of likely N-dealkylation sites (N-methyl/N-ethyl adjacent to an activating group) is 1. The average Bonchev–Trinajstić information content (AvgIpc) is 3.08. The summed E-state index contributed by atoms with van der Waals surface area (Å²) in [6.45, 7) is 3.49. The summed E-state index contributed by atoms with van der Waals surface area (Å²) < 4.78 is 0. The van der Waals surface area contributed by atoms with E-state index in [-0.39, 0.29) is 17.9 Å². The zero-order chi connectivity index (χ0) is 15.9. The van der Waals surface area contributed by atoms with Gasteiger partial charge in [-0.1, -0.05) is 30.3 Å². The third kappa shape index (κ3) is 4.33. The van der Waals surface area contributed by atoms with Crippen molar-refractivity contribution in [3.05, 3.63) is 35.9 Å². The molecule has 0 radical (unpaired) electrons. The summed E-state index contributed by atoms with van der Waals surface area (Å²) in [6, 6.07) is 9.82. The zero-order valence-corrected chi connectivity index (χ0v) is 13.6. The van der Waals surface area contributed by atoms with Gasteiger partial charge < -0.3 is 9.80 Å². The second kappa shape index (κ2) is 7.97. The summed E-state index contributed by atoms with van der Waals surface area (Å²) in [6.07, 6.45) is 4.36. The van der Waals surface area contributed by atoms with E-state index < -0.39 is 0 Å². The first-order chi connectivity index (χ1) is 10.6. The van der Waals surface area contributed by atoms with Crippen molar-refractivity contribution in [2.24, 2.45) is 0 Å². The van der Waals surface area contributed by atoms with Gasteiger partial charge in [0.05, 0.1) is 0 Å². The van der Waals surface area contributed by atoms with Crippen LogP contribution in [0.2, 0.25) is 0 Å². The quantitative estimate of drug-likeness (QED) is 0.810.